The average Bonchev–Trinajstić information content (AvgIpc) is 3.07. The number of aryl methyl sites for hydroxylation is 2. The Morgan fingerprint density at radius 2 is 1.97 bits per heavy atom. The van der Waals surface area contributed by atoms with Gasteiger partial charge in [0.15, 0.2) is 0 Å². The molecule has 1 aromatic carbocycles. The first-order valence-electron chi connectivity index (χ1n) is 8.46. The molecule has 1 amide bonds. The van der Waals surface area contributed by atoms with E-state index in [2.05, 4.69) is 20.4 Å². The lowest BCUT2D eigenvalue weighted by molar-refractivity contribution is -0.385. The van der Waals surface area contributed by atoms with Crippen LogP contribution in [0.3, 0.4) is 0 Å². The monoisotopic (exact) mass is 440 g/mol. The van der Waals surface area contributed by atoms with Crippen molar-refractivity contribution >= 4 is 34.8 Å². The van der Waals surface area contributed by atoms with Gasteiger partial charge in [0, 0.05) is 23.5 Å². The first-order valence-corrected chi connectivity index (χ1v) is 9.45. The summed E-state index contributed by atoms with van der Waals surface area (Å²) in [6.45, 7) is 5.57. The Hall–Kier alpha value is -3.22. The lowest BCUT2D eigenvalue weighted by atomic mass is 10.1. The van der Waals surface area contributed by atoms with E-state index in [-0.39, 0.29) is 10.9 Å². The number of aromatic nitrogens is 4. The van der Waals surface area contributed by atoms with E-state index in [1.807, 2.05) is 20.8 Å². The van der Waals surface area contributed by atoms with E-state index in [9.17, 15) is 28.1 Å². The van der Waals surface area contributed by atoms with E-state index in [0.29, 0.717) is 11.8 Å². The maximum Gasteiger partial charge on any atom is 0.418 e. The third-order valence-corrected chi connectivity index (χ3v) is 5.20. The van der Waals surface area contributed by atoms with Gasteiger partial charge < -0.3 is 5.32 Å². The molecular formula is C17H15F3N6O3S. The average molecular weight is 440 g/mol. The summed E-state index contributed by atoms with van der Waals surface area (Å²) in [7, 11) is 0. The van der Waals surface area contributed by atoms with E-state index in [1.54, 1.807) is 0 Å². The van der Waals surface area contributed by atoms with Crippen LogP contribution in [0.4, 0.5) is 24.5 Å². The number of thioether (sulfide) groups is 1. The van der Waals surface area contributed by atoms with E-state index >= 15 is 0 Å². The third-order valence-electron chi connectivity index (χ3n) is 4.37. The first-order chi connectivity index (χ1) is 14.0. The molecule has 0 atom stereocenters. The Morgan fingerprint density at radius 1 is 1.27 bits per heavy atom. The number of nitrogens with one attached hydrogen (secondary N) is 1. The number of halogens is 3. The summed E-state index contributed by atoms with van der Waals surface area (Å²) in [5, 5.41) is 17.4. The fraction of sp³-hybridized carbons (Fsp3) is 0.294. The fourth-order valence-electron chi connectivity index (χ4n) is 2.60. The number of carbonyl (C=O) groups excluding carboxylic acids is 1. The minimum Gasteiger partial charge on any atom is -0.325 e. The van der Waals surface area contributed by atoms with Crippen LogP contribution in [0.1, 0.15) is 22.5 Å². The topological polar surface area (TPSA) is 115 Å². The number of rotatable bonds is 5. The number of nitro groups is 1. The van der Waals surface area contributed by atoms with Crippen molar-refractivity contribution in [3.8, 4) is 0 Å². The van der Waals surface area contributed by atoms with Gasteiger partial charge in [-0.05, 0) is 32.4 Å². The van der Waals surface area contributed by atoms with Gasteiger partial charge in [0.2, 0.25) is 11.1 Å². The molecule has 0 aliphatic rings. The van der Waals surface area contributed by atoms with Crippen molar-refractivity contribution in [3.63, 3.8) is 0 Å². The van der Waals surface area contributed by atoms with Gasteiger partial charge >= 0.3 is 6.18 Å². The van der Waals surface area contributed by atoms with Crippen LogP contribution in [0.15, 0.2) is 23.4 Å². The second-order valence-corrected chi connectivity index (χ2v) is 7.28. The number of nitrogens with zero attached hydrogens (tertiary/aromatic N) is 5. The number of hydrogen-bond donors (Lipinski definition) is 1. The van der Waals surface area contributed by atoms with Crippen LogP contribution >= 0.6 is 11.8 Å². The molecule has 0 unspecified atom stereocenters. The number of hydrogen-bond acceptors (Lipinski definition) is 7. The molecule has 0 saturated heterocycles. The van der Waals surface area contributed by atoms with Crippen LogP contribution in [-0.4, -0.2) is 36.2 Å². The van der Waals surface area contributed by atoms with Crippen LogP contribution in [0, 0.1) is 30.9 Å². The maximum absolute atomic E-state index is 13.2. The zero-order chi connectivity index (χ0) is 22.2. The van der Waals surface area contributed by atoms with Crippen molar-refractivity contribution in [2.45, 2.75) is 32.1 Å². The van der Waals surface area contributed by atoms with E-state index in [0.717, 1.165) is 40.8 Å². The molecule has 2 heterocycles. The smallest absolute Gasteiger partial charge is 0.325 e. The summed E-state index contributed by atoms with van der Waals surface area (Å²) in [6, 6.07) is 2.12. The SMILES string of the molecule is Cc1nc2nc(SCC(=O)Nc3ccc([N+](=O)[O-])cc3C(F)(F)F)nn2c(C)c1C. The number of alkyl halides is 3. The summed E-state index contributed by atoms with van der Waals surface area (Å²) in [6.07, 6.45) is -4.87. The number of non-ortho nitro benzene ring substituents is 1. The minimum absolute atomic E-state index is 0.241. The molecule has 0 aliphatic heterocycles. The molecule has 30 heavy (non-hydrogen) atoms. The number of fused-ring (bicyclic) bond motifs is 1. The number of amides is 1. The first kappa shape index (κ1) is 21.5. The highest BCUT2D eigenvalue weighted by Crippen LogP contribution is 2.37. The normalized spacial score (nSPS) is 11.7. The lowest BCUT2D eigenvalue weighted by Gasteiger charge is -2.13. The molecular weight excluding hydrogens is 425 g/mol. The predicted octanol–water partition coefficient (Wildman–Crippen LogP) is 3.71. The molecule has 158 valence electrons. The van der Waals surface area contributed by atoms with Crippen LogP contribution in [0.25, 0.3) is 5.78 Å². The number of carbonyl (C=O) groups is 1. The highest BCUT2D eigenvalue weighted by atomic mass is 32.2. The predicted molar refractivity (Wildman–Crippen MR) is 102 cm³/mol. The van der Waals surface area contributed by atoms with Gasteiger partial charge in [-0.2, -0.15) is 18.2 Å². The van der Waals surface area contributed by atoms with E-state index < -0.39 is 33.9 Å². The van der Waals surface area contributed by atoms with Crippen molar-refractivity contribution in [2.75, 3.05) is 11.1 Å². The van der Waals surface area contributed by atoms with Gasteiger partial charge in [0.05, 0.1) is 21.9 Å². The van der Waals surface area contributed by atoms with Crippen molar-refractivity contribution in [2.24, 2.45) is 0 Å². The number of nitro benzene ring substituents is 1. The molecule has 3 aromatic rings. The van der Waals surface area contributed by atoms with Crippen molar-refractivity contribution in [1.82, 2.24) is 19.6 Å². The van der Waals surface area contributed by atoms with Crippen LogP contribution in [0.5, 0.6) is 0 Å². The summed E-state index contributed by atoms with van der Waals surface area (Å²) >= 11 is 0.931. The molecule has 0 aliphatic carbocycles. The third kappa shape index (κ3) is 4.35. The Morgan fingerprint density at radius 3 is 2.60 bits per heavy atom. The van der Waals surface area contributed by atoms with Crippen molar-refractivity contribution in [1.29, 1.82) is 0 Å². The quantitative estimate of drug-likeness (QED) is 0.365. The van der Waals surface area contributed by atoms with E-state index in [4.69, 9.17) is 0 Å². The summed E-state index contributed by atoms with van der Waals surface area (Å²) in [5.74, 6) is -0.647. The zero-order valence-corrected chi connectivity index (χ0v) is 16.8. The minimum atomic E-state index is -4.87. The summed E-state index contributed by atoms with van der Waals surface area (Å²) in [4.78, 5) is 30.5. The highest BCUT2D eigenvalue weighted by molar-refractivity contribution is 7.99. The molecule has 13 heteroatoms. The highest BCUT2D eigenvalue weighted by Gasteiger charge is 2.35. The molecule has 2 aromatic heterocycles. The summed E-state index contributed by atoms with van der Waals surface area (Å²) in [5.41, 5.74) is -0.0183. The standard InChI is InChI=1S/C17H15F3N6O3S/c1-8-9(2)21-15-23-16(24-25(15)10(8)3)30-7-14(27)22-13-5-4-11(26(28)29)6-12(13)17(18,19)20/h4-6H,7H2,1-3H3,(H,22,27). The Labute approximate surface area is 171 Å². The maximum atomic E-state index is 13.2. The van der Waals surface area contributed by atoms with Gasteiger partial charge in [0.1, 0.15) is 0 Å². The van der Waals surface area contributed by atoms with Crippen LogP contribution in [-0.2, 0) is 11.0 Å². The molecule has 9 nitrogen and oxygen atoms in total. The van der Waals surface area contributed by atoms with Gasteiger partial charge in [-0.3, -0.25) is 14.9 Å². The second-order valence-electron chi connectivity index (χ2n) is 6.34. The lowest BCUT2D eigenvalue weighted by Crippen LogP contribution is -2.18. The Kier molecular flexibility index (Phi) is 5.65. The van der Waals surface area contributed by atoms with E-state index in [1.165, 1.54) is 4.52 Å². The zero-order valence-electron chi connectivity index (χ0n) is 15.9. The Bertz CT molecular complexity index is 1160. The Balaban J connectivity index is 1.76. The molecule has 0 spiro atoms. The molecule has 0 bridgehead atoms. The van der Waals surface area contributed by atoms with Gasteiger partial charge in [-0.15, -0.1) is 5.10 Å². The fourth-order valence-corrected chi connectivity index (χ4v) is 3.22. The molecule has 0 saturated carbocycles. The van der Waals surface area contributed by atoms with Crippen LogP contribution in [0.2, 0.25) is 0 Å². The molecule has 3 rings (SSSR count). The molecule has 0 fully saturated rings. The van der Waals surface area contributed by atoms with Gasteiger partial charge in [-0.1, -0.05) is 11.8 Å². The molecule has 1 N–H and O–H groups in total. The van der Waals surface area contributed by atoms with Crippen molar-refractivity contribution < 1.29 is 22.9 Å². The largest absolute Gasteiger partial charge is 0.418 e. The van der Waals surface area contributed by atoms with Gasteiger partial charge in [-0.25, -0.2) is 9.50 Å². The number of benzene rings is 1. The van der Waals surface area contributed by atoms with Gasteiger partial charge in [0.25, 0.3) is 11.5 Å². The van der Waals surface area contributed by atoms with Crippen LogP contribution < -0.4 is 5.32 Å². The summed E-state index contributed by atoms with van der Waals surface area (Å²) < 4.78 is 41.1. The number of anilines is 1. The van der Waals surface area contributed by atoms with Crippen molar-refractivity contribution in [3.05, 3.63) is 50.8 Å². The molecule has 0 radical (unpaired) electrons. The second kappa shape index (κ2) is 7.89.